The van der Waals surface area contributed by atoms with E-state index in [1.807, 2.05) is 24.3 Å². The summed E-state index contributed by atoms with van der Waals surface area (Å²) in [5.74, 6) is -2.01. The van der Waals surface area contributed by atoms with Crippen LogP contribution in [0.3, 0.4) is 0 Å². The van der Waals surface area contributed by atoms with Gasteiger partial charge in [0.15, 0.2) is 0 Å². The average molecular weight is 408 g/mol. The topological polar surface area (TPSA) is 69.7 Å². The fourth-order valence-corrected chi connectivity index (χ4v) is 6.21. The number of nitrogens with zero attached hydrogens (tertiary/aromatic N) is 2. The number of nitrogens with one attached hydrogen (secondary N) is 1. The number of anilines is 2. The zero-order chi connectivity index (χ0) is 19.9. The van der Waals surface area contributed by atoms with Gasteiger partial charge in [-0.2, -0.15) is 0 Å². The van der Waals surface area contributed by atoms with E-state index < -0.39 is 17.4 Å². The number of halogens is 1. The maximum atomic E-state index is 13.7. The predicted octanol–water partition coefficient (Wildman–Crippen LogP) is 2.77. The Hall–Kier alpha value is -2.70. The van der Waals surface area contributed by atoms with Crippen LogP contribution in [0.1, 0.15) is 18.4 Å². The molecule has 1 spiro atoms. The summed E-state index contributed by atoms with van der Waals surface area (Å²) in [5.41, 5.74) is 0.875. The van der Waals surface area contributed by atoms with Gasteiger partial charge in [-0.15, -0.1) is 0 Å². The van der Waals surface area contributed by atoms with Gasteiger partial charge in [-0.05, 0) is 43.7 Å². The molecule has 3 amide bonds. The highest BCUT2D eigenvalue weighted by molar-refractivity contribution is 6.31. The first-order chi connectivity index (χ1) is 14.0. The molecule has 4 unspecified atom stereocenters. The minimum Gasteiger partial charge on any atom is -0.324 e. The smallest absolute Gasteiger partial charge is 0.250 e. The molecule has 2 aromatic carbocycles. The summed E-state index contributed by atoms with van der Waals surface area (Å²) >= 11 is 6.12. The third-order valence-electron chi connectivity index (χ3n) is 6.97. The summed E-state index contributed by atoms with van der Waals surface area (Å²) < 4.78 is 0. The number of carbonyl (C=O) groups excluding carboxylic acids is 3. The van der Waals surface area contributed by atoms with Gasteiger partial charge in [0, 0.05) is 22.3 Å². The molecule has 4 atom stereocenters. The Morgan fingerprint density at radius 2 is 1.86 bits per heavy atom. The Balaban J connectivity index is 1.56. The van der Waals surface area contributed by atoms with E-state index in [2.05, 4.69) is 10.2 Å². The second-order valence-corrected chi connectivity index (χ2v) is 8.60. The number of fused-ring (bicyclic) bond motifs is 7. The number of benzene rings is 2. The molecule has 3 fully saturated rings. The van der Waals surface area contributed by atoms with Crippen LogP contribution in [0.5, 0.6) is 0 Å². The standard InChI is InChI=1S/C22H18ClN3O3/c23-12-5-3-6-13(11-12)26-19(27)17-16-9-4-10-25(16)22(18(17)20(26)28)14-7-1-2-8-15(14)24-21(22)29/h1-3,5-8,11,16-18H,4,9-10H2,(H,24,29). The van der Waals surface area contributed by atoms with Crippen molar-refractivity contribution in [2.24, 2.45) is 11.8 Å². The van der Waals surface area contributed by atoms with Crippen molar-refractivity contribution in [2.45, 2.75) is 24.4 Å². The van der Waals surface area contributed by atoms with Crippen molar-refractivity contribution in [1.29, 1.82) is 0 Å². The van der Waals surface area contributed by atoms with E-state index in [9.17, 15) is 14.4 Å². The molecule has 0 bridgehead atoms. The van der Waals surface area contributed by atoms with Gasteiger partial charge in [-0.1, -0.05) is 35.9 Å². The number of hydrogen-bond donors (Lipinski definition) is 1. The second kappa shape index (κ2) is 5.68. The fourth-order valence-electron chi connectivity index (χ4n) is 6.03. The molecule has 0 saturated carbocycles. The van der Waals surface area contributed by atoms with Crippen molar-refractivity contribution in [1.82, 2.24) is 4.90 Å². The average Bonchev–Trinajstić information content (AvgIpc) is 3.40. The van der Waals surface area contributed by atoms with Crippen LogP contribution in [0.15, 0.2) is 48.5 Å². The molecule has 4 heterocycles. The Labute approximate surface area is 172 Å². The zero-order valence-electron chi connectivity index (χ0n) is 15.5. The van der Waals surface area contributed by atoms with Gasteiger partial charge in [0.2, 0.25) is 17.7 Å². The van der Waals surface area contributed by atoms with Gasteiger partial charge in [0.05, 0.1) is 17.5 Å². The lowest BCUT2D eigenvalue weighted by Gasteiger charge is -2.36. The van der Waals surface area contributed by atoms with Crippen LogP contribution >= 0.6 is 11.6 Å². The molecule has 7 heteroatoms. The molecule has 2 aromatic rings. The van der Waals surface area contributed by atoms with Gasteiger partial charge in [-0.25, -0.2) is 4.90 Å². The second-order valence-electron chi connectivity index (χ2n) is 8.16. The van der Waals surface area contributed by atoms with Crippen molar-refractivity contribution in [3.05, 3.63) is 59.1 Å². The quantitative estimate of drug-likeness (QED) is 0.738. The van der Waals surface area contributed by atoms with E-state index in [1.165, 1.54) is 4.90 Å². The van der Waals surface area contributed by atoms with Crippen LogP contribution < -0.4 is 10.2 Å². The van der Waals surface area contributed by atoms with E-state index in [4.69, 9.17) is 11.6 Å². The highest BCUT2D eigenvalue weighted by Gasteiger charge is 2.74. The van der Waals surface area contributed by atoms with Crippen molar-refractivity contribution in [3.63, 3.8) is 0 Å². The molecule has 29 heavy (non-hydrogen) atoms. The number of imide groups is 1. The minimum atomic E-state index is -1.12. The van der Waals surface area contributed by atoms with E-state index in [1.54, 1.807) is 24.3 Å². The minimum absolute atomic E-state index is 0.113. The summed E-state index contributed by atoms with van der Waals surface area (Å²) in [4.78, 5) is 44.0. The van der Waals surface area contributed by atoms with Gasteiger partial charge < -0.3 is 5.32 Å². The number of rotatable bonds is 1. The van der Waals surface area contributed by atoms with Crippen molar-refractivity contribution in [3.8, 4) is 0 Å². The van der Waals surface area contributed by atoms with E-state index in [-0.39, 0.29) is 23.8 Å². The monoisotopic (exact) mass is 407 g/mol. The summed E-state index contributed by atoms with van der Waals surface area (Å²) in [6, 6.07) is 14.2. The molecule has 0 aliphatic carbocycles. The van der Waals surface area contributed by atoms with Crippen LogP contribution in [-0.2, 0) is 19.9 Å². The normalized spacial score (nSPS) is 32.7. The highest BCUT2D eigenvalue weighted by atomic mass is 35.5. The lowest BCUT2D eigenvalue weighted by molar-refractivity contribution is -0.135. The van der Waals surface area contributed by atoms with Crippen molar-refractivity contribution in [2.75, 3.05) is 16.8 Å². The molecular formula is C22H18ClN3O3. The Kier molecular flexibility index (Phi) is 3.36. The number of hydrogen-bond acceptors (Lipinski definition) is 4. The predicted molar refractivity (Wildman–Crippen MR) is 107 cm³/mol. The molecule has 0 radical (unpaired) electrons. The lowest BCUT2D eigenvalue weighted by atomic mass is 9.75. The largest absolute Gasteiger partial charge is 0.324 e. The van der Waals surface area contributed by atoms with Crippen LogP contribution in [0, 0.1) is 11.8 Å². The first-order valence-corrected chi connectivity index (χ1v) is 10.2. The van der Waals surface area contributed by atoms with E-state index >= 15 is 0 Å². The molecular weight excluding hydrogens is 390 g/mol. The van der Waals surface area contributed by atoms with Crippen molar-refractivity contribution < 1.29 is 14.4 Å². The summed E-state index contributed by atoms with van der Waals surface area (Å²) in [6.45, 7) is 0.706. The maximum absolute atomic E-state index is 13.7. The van der Waals surface area contributed by atoms with Crippen LogP contribution in [0.25, 0.3) is 0 Å². The summed E-state index contributed by atoms with van der Waals surface area (Å²) in [5, 5.41) is 3.43. The van der Waals surface area contributed by atoms with Crippen LogP contribution in [0.2, 0.25) is 5.02 Å². The van der Waals surface area contributed by atoms with Crippen LogP contribution in [-0.4, -0.2) is 35.2 Å². The van der Waals surface area contributed by atoms with Crippen molar-refractivity contribution >= 4 is 40.7 Å². The summed E-state index contributed by atoms with van der Waals surface area (Å²) in [6.07, 6.45) is 1.71. The van der Waals surface area contributed by atoms with E-state index in [0.29, 0.717) is 17.3 Å². The first-order valence-electron chi connectivity index (χ1n) is 9.86. The molecule has 3 saturated heterocycles. The Morgan fingerprint density at radius 1 is 1.03 bits per heavy atom. The number of carbonyl (C=O) groups is 3. The molecule has 4 aliphatic heterocycles. The third-order valence-corrected chi connectivity index (χ3v) is 7.20. The Morgan fingerprint density at radius 3 is 2.69 bits per heavy atom. The number of para-hydroxylation sites is 1. The van der Waals surface area contributed by atoms with Gasteiger partial charge in [0.1, 0.15) is 5.54 Å². The zero-order valence-corrected chi connectivity index (χ0v) is 16.2. The Bertz CT molecular complexity index is 1100. The molecule has 6 rings (SSSR count). The molecule has 0 aromatic heterocycles. The summed E-state index contributed by atoms with van der Waals surface area (Å²) in [7, 11) is 0. The SMILES string of the molecule is O=C1C2C3CCCN3C3(C(=O)Nc4ccccc43)C2C(=O)N1c1cccc(Cl)c1. The molecule has 4 aliphatic rings. The number of amides is 3. The third kappa shape index (κ3) is 1.93. The molecule has 6 nitrogen and oxygen atoms in total. The fraction of sp³-hybridized carbons (Fsp3) is 0.318. The maximum Gasteiger partial charge on any atom is 0.250 e. The van der Waals surface area contributed by atoms with Gasteiger partial charge >= 0.3 is 0 Å². The van der Waals surface area contributed by atoms with Gasteiger partial charge in [-0.3, -0.25) is 19.3 Å². The first kappa shape index (κ1) is 17.2. The lowest BCUT2D eigenvalue weighted by Crippen LogP contribution is -2.54. The molecule has 1 N–H and O–H groups in total. The highest BCUT2D eigenvalue weighted by Crippen LogP contribution is 2.60. The molecule has 146 valence electrons. The van der Waals surface area contributed by atoms with E-state index in [0.717, 1.165) is 24.1 Å². The van der Waals surface area contributed by atoms with Crippen LogP contribution in [0.4, 0.5) is 11.4 Å². The van der Waals surface area contributed by atoms with Gasteiger partial charge in [0.25, 0.3) is 0 Å².